The van der Waals surface area contributed by atoms with Gasteiger partial charge < -0.3 is 19.7 Å². The Balaban J connectivity index is 1.82. The number of nitrogens with zero attached hydrogens (tertiary/aromatic N) is 1. The molecule has 0 radical (unpaired) electrons. The molecule has 104 valence electrons. The van der Waals surface area contributed by atoms with Crippen LogP contribution in [0.25, 0.3) is 0 Å². The van der Waals surface area contributed by atoms with Crippen LogP contribution < -0.4 is 5.32 Å². The van der Waals surface area contributed by atoms with Gasteiger partial charge in [0, 0.05) is 19.3 Å². The first-order chi connectivity index (χ1) is 9.16. The monoisotopic (exact) mass is 266 g/mol. The van der Waals surface area contributed by atoms with E-state index in [9.17, 15) is 9.59 Å². The van der Waals surface area contributed by atoms with Gasteiger partial charge in [0.1, 0.15) is 12.2 Å². The van der Waals surface area contributed by atoms with Gasteiger partial charge in [0.2, 0.25) is 0 Å². The number of carbonyl (C=O) groups is 2. The summed E-state index contributed by atoms with van der Waals surface area (Å²) < 4.78 is 6.89. The highest BCUT2D eigenvalue weighted by Gasteiger charge is 2.16. The molecule has 1 unspecified atom stereocenters. The summed E-state index contributed by atoms with van der Waals surface area (Å²) in [4.78, 5) is 22.6. The third-order valence-electron chi connectivity index (χ3n) is 3.14. The van der Waals surface area contributed by atoms with Crippen LogP contribution in [0.1, 0.15) is 29.8 Å². The van der Waals surface area contributed by atoms with Crippen molar-refractivity contribution in [2.24, 2.45) is 0 Å². The molecule has 19 heavy (non-hydrogen) atoms. The van der Waals surface area contributed by atoms with Gasteiger partial charge in [0.25, 0.3) is 5.91 Å². The predicted octanol–water partition coefficient (Wildman–Crippen LogP) is 0.872. The number of carboxylic acid groups (broad SMARTS) is 1. The molecule has 1 aromatic heterocycles. The molecule has 0 bridgehead atoms. The highest BCUT2D eigenvalue weighted by molar-refractivity contribution is 5.93. The largest absolute Gasteiger partial charge is 0.480 e. The molecule has 0 spiro atoms. The number of aromatic nitrogens is 1. The number of nitrogens with one attached hydrogen (secondary N) is 1. The molecule has 1 amide bonds. The van der Waals surface area contributed by atoms with E-state index < -0.39 is 5.97 Å². The Labute approximate surface area is 111 Å². The number of aliphatic carboxylic acids is 1. The van der Waals surface area contributed by atoms with Gasteiger partial charge in [-0.25, -0.2) is 0 Å². The number of hydrogen-bond donors (Lipinski definition) is 2. The van der Waals surface area contributed by atoms with E-state index in [4.69, 9.17) is 9.84 Å². The van der Waals surface area contributed by atoms with Crippen LogP contribution in [0, 0.1) is 0 Å². The van der Waals surface area contributed by atoms with E-state index in [2.05, 4.69) is 5.32 Å². The first-order valence-electron chi connectivity index (χ1n) is 6.43. The summed E-state index contributed by atoms with van der Waals surface area (Å²) in [6, 6.07) is 3.28. The third-order valence-corrected chi connectivity index (χ3v) is 3.14. The first kappa shape index (κ1) is 13.6. The Hall–Kier alpha value is -1.82. The zero-order valence-electron chi connectivity index (χ0n) is 10.7. The molecule has 2 heterocycles. The van der Waals surface area contributed by atoms with Gasteiger partial charge >= 0.3 is 5.97 Å². The van der Waals surface area contributed by atoms with Gasteiger partial charge in [-0.05, 0) is 31.4 Å². The zero-order chi connectivity index (χ0) is 13.7. The summed E-state index contributed by atoms with van der Waals surface area (Å²) in [7, 11) is 0. The summed E-state index contributed by atoms with van der Waals surface area (Å²) in [5.74, 6) is -1.21. The van der Waals surface area contributed by atoms with Crippen LogP contribution in [0.5, 0.6) is 0 Å². The summed E-state index contributed by atoms with van der Waals surface area (Å²) in [6.07, 6.45) is 4.76. The SMILES string of the molecule is O=C(O)Cn1cccc1C(=O)NCCC1CCCO1. The van der Waals surface area contributed by atoms with Crippen molar-refractivity contribution in [3.05, 3.63) is 24.0 Å². The summed E-state index contributed by atoms with van der Waals surface area (Å²) in [5, 5.41) is 11.5. The number of rotatable bonds is 6. The van der Waals surface area contributed by atoms with Crippen LogP contribution in [0.3, 0.4) is 0 Å². The van der Waals surface area contributed by atoms with Crippen molar-refractivity contribution in [2.75, 3.05) is 13.2 Å². The Morgan fingerprint density at radius 3 is 3.05 bits per heavy atom. The van der Waals surface area contributed by atoms with Crippen LogP contribution in [0.2, 0.25) is 0 Å². The molecule has 2 rings (SSSR count). The lowest BCUT2D eigenvalue weighted by molar-refractivity contribution is -0.137. The van der Waals surface area contributed by atoms with Crippen LogP contribution in [-0.4, -0.2) is 40.8 Å². The fourth-order valence-corrected chi connectivity index (χ4v) is 2.21. The summed E-state index contributed by atoms with van der Waals surface area (Å²) >= 11 is 0. The van der Waals surface area contributed by atoms with E-state index in [-0.39, 0.29) is 18.6 Å². The molecule has 1 saturated heterocycles. The minimum atomic E-state index is -0.968. The zero-order valence-corrected chi connectivity index (χ0v) is 10.7. The molecule has 2 N–H and O–H groups in total. The molecule has 1 aliphatic heterocycles. The average molecular weight is 266 g/mol. The second-order valence-corrected chi connectivity index (χ2v) is 4.59. The van der Waals surface area contributed by atoms with Crippen LogP contribution in [0.4, 0.5) is 0 Å². The lowest BCUT2D eigenvalue weighted by Gasteiger charge is -2.11. The van der Waals surface area contributed by atoms with E-state index in [1.165, 1.54) is 4.57 Å². The fourth-order valence-electron chi connectivity index (χ4n) is 2.21. The van der Waals surface area contributed by atoms with Gasteiger partial charge in [-0.15, -0.1) is 0 Å². The highest BCUT2D eigenvalue weighted by Crippen LogP contribution is 2.14. The smallest absolute Gasteiger partial charge is 0.323 e. The van der Waals surface area contributed by atoms with E-state index in [1.807, 2.05) is 0 Å². The molecule has 0 saturated carbocycles. The fraction of sp³-hybridized carbons (Fsp3) is 0.538. The van der Waals surface area contributed by atoms with Crippen molar-refractivity contribution in [1.82, 2.24) is 9.88 Å². The second kappa shape index (κ2) is 6.38. The molecule has 6 nitrogen and oxygen atoms in total. The Morgan fingerprint density at radius 1 is 1.53 bits per heavy atom. The van der Waals surface area contributed by atoms with Crippen LogP contribution in [0.15, 0.2) is 18.3 Å². The van der Waals surface area contributed by atoms with Crippen LogP contribution >= 0.6 is 0 Å². The summed E-state index contributed by atoms with van der Waals surface area (Å²) in [6.45, 7) is 1.14. The van der Waals surface area contributed by atoms with Gasteiger partial charge in [0.15, 0.2) is 0 Å². The molecular formula is C13H18N2O4. The van der Waals surface area contributed by atoms with Crippen molar-refractivity contribution in [3.63, 3.8) is 0 Å². The molecule has 0 aromatic carbocycles. The normalized spacial score (nSPS) is 18.4. The van der Waals surface area contributed by atoms with Gasteiger partial charge in [-0.2, -0.15) is 0 Å². The van der Waals surface area contributed by atoms with E-state index >= 15 is 0 Å². The van der Waals surface area contributed by atoms with Crippen molar-refractivity contribution >= 4 is 11.9 Å². The van der Waals surface area contributed by atoms with Crippen molar-refractivity contribution in [2.45, 2.75) is 31.9 Å². The standard InChI is InChI=1S/C13H18N2O4/c16-12(17)9-15-7-1-4-11(15)13(18)14-6-5-10-3-2-8-19-10/h1,4,7,10H,2-3,5-6,8-9H2,(H,14,18)(H,16,17). The quantitative estimate of drug-likeness (QED) is 0.800. The maximum atomic E-state index is 11.9. The minimum absolute atomic E-state index is 0.207. The first-order valence-corrected chi connectivity index (χ1v) is 6.43. The Bertz CT molecular complexity index is 449. The molecule has 6 heteroatoms. The highest BCUT2D eigenvalue weighted by atomic mass is 16.5. The molecule has 1 atom stereocenters. The maximum absolute atomic E-state index is 11.9. The lowest BCUT2D eigenvalue weighted by atomic mass is 10.2. The number of hydrogen-bond acceptors (Lipinski definition) is 3. The lowest BCUT2D eigenvalue weighted by Crippen LogP contribution is -2.29. The van der Waals surface area contributed by atoms with E-state index in [1.54, 1.807) is 18.3 Å². The molecular weight excluding hydrogens is 248 g/mol. The number of amides is 1. The molecule has 1 fully saturated rings. The predicted molar refractivity (Wildman–Crippen MR) is 68.0 cm³/mol. The molecule has 1 aromatic rings. The maximum Gasteiger partial charge on any atom is 0.323 e. The van der Waals surface area contributed by atoms with Gasteiger partial charge in [0.05, 0.1) is 6.10 Å². The average Bonchev–Trinajstić information content (AvgIpc) is 2.99. The van der Waals surface area contributed by atoms with Crippen molar-refractivity contribution in [1.29, 1.82) is 0 Å². The van der Waals surface area contributed by atoms with Gasteiger partial charge in [-0.3, -0.25) is 9.59 Å². The van der Waals surface area contributed by atoms with E-state index in [0.717, 1.165) is 25.9 Å². The second-order valence-electron chi connectivity index (χ2n) is 4.59. The topological polar surface area (TPSA) is 80.6 Å². The van der Waals surface area contributed by atoms with E-state index in [0.29, 0.717) is 12.2 Å². The molecule has 0 aliphatic carbocycles. The minimum Gasteiger partial charge on any atom is -0.480 e. The third kappa shape index (κ3) is 3.82. The van der Waals surface area contributed by atoms with Crippen molar-refractivity contribution < 1.29 is 19.4 Å². The number of ether oxygens (including phenoxy) is 1. The van der Waals surface area contributed by atoms with Crippen molar-refractivity contribution in [3.8, 4) is 0 Å². The van der Waals surface area contributed by atoms with Crippen LogP contribution in [-0.2, 0) is 16.1 Å². The number of carbonyl (C=O) groups excluding carboxylic acids is 1. The Kier molecular flexibility index (Phi) is 4.57. The number of carboxylic acids is 1. The summed E-state index contributed by atoms with van der Waals surface area (Å²) in [5.41, 5.74) is 0.370. The Morgan fingerprint density at radius 2 is 2.37 bits per heavy atom. The van der Waals surface area contributed by atoms with Gasteiger partial charge in [-0.1, -0.05) is 0 Å². The molecule has 1 aliphatic rings.